The van der Waals surface area contributed by atoms with Crippen LogP contribution in [0, 0.1) is 0 Å². The molecule has 0 aromatic heterocycles. The summed E-state index contributed by atoms with van der Waals surface area (Å²) in [5, 5.41) is 25.0. The zero-order chi connectivity index (χ0) is 24.2. The molecule has 0 amide bonds. The van der Waals surface area contributed by atoms with E-state index in [1.165, 1.54) is 0 Å². The number of hydrogen-bond acceptors (Lipinski definition) is 4. The quantitative estimate of drug-likeness (QED) is 0.248. The maximum atomic E-state index is 11.1. The van der Waals surface area contributed by atoms with Gasteiger partial charge in [0.1, 0.15) is 11.5 Å². The number of nitrogens with one attached hydrogen (secondary N) is 1. The summed E-state index contributed by atoms with van der Waals surface area (Å²) in [5.41, 5.74) is 6.78. The Morgan fingerprint density at radius 3 is 1.85 bits per heavy atom. The third kappa shape index (κ3) is 6.22. The summed E-state index contributed by atoms with van der Waals surface area (Å²) in [7, 11) is 0. The lowest BCUT2D eigenvalue weighted by atomic mass is 9.78. The molecule has 0 bridgehead atoms. The smallest absolute Gasteiger partial charge is 0.154 e. The van der Waals surface area contributed by atoms with Gasteiger partial charge in [-0.05, 0) is 64.9 Å². The minimum absolute atomic E-state index is 0.208. The minimum Gasteiger partial charge on any atom is -0.508 e. The Morgan fingerprint density at radius 1 is 0.788 bits per heavy atom. The summed E-state index contributed by atoms with van der Waals surface area (Å²) in [6, 6.07) is 20.5. The van der Waals surface area contributed by atoms with Crippen LogP contribution in [0.15, 0.2) is 76.8 Å². The predicted octanol–water partition coefficient (Wildman–Crippen LogP) is 6.39. The number of hydrogen-bond donors (Lipinski definition) is 3. The lowest BCUT2D eigenvalue weighted by Crippen LogP contribution is -2.23. The number of amidine groups is 1. The maximum absolute atomic E-state index is 11.1. The highest BCUT2D eigenvalue weighted by Crippen LogP contribution is 2.40. The van der Waals surface area contributed by atoms with E-state index >= 15 is 0 Å². The summed E-state index contributed by atoms with van der Waals surface area (Å²) in [6.07, 6.45) is 1.68. The van der Waals surface area contributed by atoms with E-state index in [-0.39, 0.29) is 16.6 Å². The molecule has 33 heavy (non-hydrogen) atoms. The van der Waals surface area contributed by atoms with Crippen molar-refractivity contribution >= 4 is 17.7 Å². The van der Waals surface area contributed by atoms with Crippen LogP contribution < -0.4 is 5.43 Å². The Hall–Kier alpha value is -3.60. The number of aromatic hydroxyl groups is 2. The zero-order valence-corrected chi connectivity index (χ0v) is 20.2. The van der Waals surface area contributed by atoms with Gasteiger partial charge in [-0.3, -0.25) is 5.43 Å². The molecular formula is C28H33N3O2. The first-order valence-corrected chi connectivity index (χ1v) is 11.1. The highest BCUT2D eigenvalue weighted by atomic mass is 16.3. The fourth-order valence-corrected chi connectivity index (χ4v) is 3.43. The van der Waals surface area contributed by atoms with Crippen LogP contribution >= 0.6 is 0 Å². The van der Waals surface area contributed by atoms with Gasteiger partial charge in [0.2, 0.25) is 0 Å². The Labute approximate surface area is 196 Å². The Kier molecular flexibility index (Phi) is 6.92. The van der Waals surface area contributed by atoms with E-state index in [1.807, 2.05) is 42.5 Å². The number of phenolic OH excluding ortho intramolecular Hbond substituents is 2. The second-order valence-electron chi connectivity index (χ2n) is 10.2. The molecule has 0 atom stereocenters. The molecule has 0 aliphatic heterocycles. The summed E-state index contributed by atoms with van der Waals surface area (Å²) in [6.45, 7) is 12.5. The normalized spacial score (nSPS) is 12.8. The van der Waals surface area contributed by atoms with Crippen LogP contribution in [-0.2, 0) is 10.8 Å². The standard InChI is InChI=1S/C28H33N3O2/c1-27(2,3)23-16-20(17-24(25(23)33)28(4,5)6)26(30-21-10-8-7-9-11-21)31-29-18-19-12-14-22(32)15-13-19/h7-18,32-33H,1-6H3,(H,30,31). The predicted molar refractivity (Wildman–Crippen MR) is 137 cm³/mol. The minimum atomic E-state index is -0.257. The van der Waals surface area contributed by atoms with Crippen molar-refractivity contribution in [3.8, 4) is 11.5 Å². The van der Waals surface area contributed by atoms with E-state index in [1.54, 1.807) is 30.5 Å². The van der Waals surface area contributed by atoms with Crippen molar-refractivity contribution in [3.63, 3.8) is 0 Å². The molecule has 5 heteroatoms. The highest BCUT2D eigenvalue weighted by molar-refractivity contribution is 6.01. The van der Waals surface area contributed by atoms with Crippen molar-refractivity contribution in [2.24, 2.45) is 10.1 Å². The van der Waals surface area contributed by atoms with Gasteiger partial charge in [0.15, 0.2) is 5.84 Å². The van der Waals surface area contributed by atoms with Gasteiger partial charge in [-0.2, -0.15) is 5.10 Å². The van der Waals surface area contributed by atoms with Gasteiger partial charge in [-0.15, -0.1) is 0 Å². The van der Waals surface area contributed by atoms with E-state index in [0.29, 0.717) is 11.6 Å². The first-order valence-electron chi connectivity index (χ1n) is 11.1. The Balaban J connectivity index is 2.11. The highest BCUT2D eigenvalue weighted by Gasteiger charge is 2.27. The Morgan fingerprint density at radius 2 is 1.33 bits per heavy atom. The van der Waals surface area contributed by atoms with Gasteiger partial charge >= 0.3 is 0 Å². The molecule has 0 heterocycles. The topological polar surface area (TPSA) is 77.2 Å². The number of benzene rings is 3. The third-order valence-electron chi connectivity index (χ3n) is 5.27. The monoisotopic (exact) mass is 443 g/mol. The van der Waals surface area contributed by atoms with Crippen LogP contribution in [0.2, 0.25) is 0 Å². The molecule has 172 valence electrons. The molecule has 0 aliphatic carbocycles. The van der Waals surface area contributed by atoms with Gasteiger partial charge in [0, 0.05) is 16.7 Å². The van der Waals surface area contributed by atoms with Crippen LogP contribution in [0.4, 0.5) is 5.69 Å². The van der Waals surface area contributed by atoms with Crippen molar-refractivity contribution in [2.75, 3.05) is 0 Å². The fraction of sp³-hybridized carbons (Fsp3) is 0.286. The molecule has 0 fully saturated rings. The molecule has 0 radical (unpaired) electrons. The lowest BCUT2D eigenvalue weighted by molar-refractivity contribution is 0.423. The fourth-order valence-electron chi connectivity index (χ4n) is 3.43. The summed E-state index contributed by atoms with van der Waals surface area (Å²) in [4.78, 5) is 4.82. The van der Waals surface area contributed by atoms with Crippen LogP contribution in [0.3, 0.4) is 0 Å². The van der Waals surface area contributed by atoms with E-state index in [0.717, 1.165) is 27.9 Å². The van der Waals surface area contributed by atoms with Gasteiger partial charge in [-0.1, -0.05) is 59.7 Å². The van der Waals surface area contributed by atoms with Crippen LogP contribution in [0.1, 0.15) is 63.8 Å². The van der Waals surface area contributed by atoms with Gasteiger partial charge in [-0.25, -0.2) is 4.99 Å². The van der Waals surface area contributed by atoms with Gasteiger partial charge < -0.3 is 10.2 Å². The first kappa shape index (κ1) is 24.1. The van der Waals surface area contributed by atoms with Crippen molar-refractivity contribution in [1.82, 2.24) is 5.43 Å². The first-order chi connectivity index (χ1) is 15.4. The van der Waals surface area contributed by atoms with Crippen molar-refractivity contribution < 1.29 is 10.2 Å². The second kappa shape index (κ2) is 9.49. The average molecular weight is 444 g/mol. The van der Waals surface area contributed by atoms with Crippen LogP contribution in [-0.4, -0.2) is 22.3 Å². The van der Waals surface area contributed by atoms with E-state index < -0.39 is 0 Å². The molecule has 3 rings (SSSR count). The molecule has 0 unspecified atom stereocenters. The summed E-state index contributed by atoms with van der Waals surface area (Å²) >= 11 is 0. The third-order valence-corrected chi connectivity index (χ3v) is 5.27. The van der Waals surface area contributed by atoms with E-state index in [2.05, 4.69) is 52.1 Å². The van der Waals surface area contributed by atoms with Crippen LogP contribution in [0.5, 0.6) is 11.5 Å². The molecule has 0 saturated heterocycles. The molecule has 5 nitrogen and oxygen atoms in total. The zero-order valence-electron chi connectivity index (χ0n) is 20.2. The van der Waals surface area contributed by atoms with E-state index in [4.69, 9.17) is 4.99 Å². The average Bonchev–Trinajstić information content (AvgIpc) is 2.74. The molecule has 3 aromatic carbocycles. The summed E-state index contributed by atoms with van der Waals surface area (Å²) in [5.74, 6) is 1.11. The van der Waals surface area contributed by atoms with Gasteiger partial charge in [0.05, 0.1) is 11.9 Å². The SMILES string of the molecule is CC(C)(C)c1cc(C(=Nc2ccccc2)NN=Cc2ccc(O)cc2)cc(C(C)(C)C)c1O. The number of nitrogens with zero attached hydrogens (tertiary/aromatic N) is 2. The van der Waals surface area contributed by atoms with Crippen molar-refractivity contribution in [2.45, 2.75) is 52.4 Å². The lowest BCUT2D eigenvalue weighted by Gasteiger charge is -2.28. The molecule has 0 saturated carbocycles. The Bertz CT molecular complexity index is 1120. The largest absolute Gasteiger partial charge is 0.508 e. The summed E-state index contributed by atoms with van der Waals surface area (Å²) < 4.78 is 0. The van der Waals surface area contributed by atoms with Crippen LogP contribution in [0.25, 0.3) is 0 Å². The molecule has 0 aliphatic rings. The van der Waals surface area contributed by atoms with E-state index in [9.17, 15) is 10.2 Å². The van der Waals surface area contributed by atoms with Crippen molar-refractivity contribution in [3.05, 3.63) is 89.0 Å². The number of rotatable bonds is 4. The molecule has 0 spiro atoms. The van der Waals surface area contributed by atoms with Gasteiger partial charge in [0.25, 0.3) is 0 Å². The maximum Gasteiger partial charge on any atom is 0.154 e. The number of phenols is 2. The van der Waals surface area contributed by atoms with Crippen molar-refractivity contribution in [1.29, 1.82) is 0 Å². The molecule has 3 N–H and O–H groups in total. The number of hydrazone groups is 1. The molecular weight excluding hydrogens is 410 g/mol. The number of para-hydroxylation sites is 1. The second-order valence-corrected chi connectivity index (χ2v) is 10.2. The molecule has 3 aromatic rings. The number of aliphatic imine (C=N–C) groups is 1.